The van der Waals surface area contributed by atoms with E-state index in [1.807, 2.05) is 20.8 Å². The third-order valence-electron chi connectivity index (χ3n) is 4.66. The Labute approximate surface area is 182 Å². The maximum Gasteiger partial charge on any atom is 0.408 e. The van der Waals surface area contributed by atoms with Crippen LogP contribution in [0, 0.1) is 0 Å². The number of alkyl carbamates (subject to hydrolysis) is 1. The predicted molar refractivity (Wildman–Crippen MR) is 116 cm³/mol. The Morgan fingerprint density at radius 3 is 2.77 bits per heavy atom. The maximum atomic E-state index is 12.4. The summed E-state index contributed by atoms with van der Waals surface area (Å²) in [5, 5.41) is 2.90. The van der Waals surface area contributed by atoms with Crippen LogP contribution in [0.25, 0.3) is 0 Å². The van der Waals surface area contributed by atoms with Gasteiger partial charge in [-0.15, -0.1) is 0 Å². The van der Waals surface area contributed by atoms with Crippen molar-refractivity contribution < 1.29 is 23.8 Å². The number of carbonyl (C=O) groups is 2. The first-order valence-electron chi connectivity index (χ1n) is 10.2. The van der Waals surface area contributed by atoms with Crippen LogP contribution in [0.4, 0.5) is 4.79 Å². The molecule has 1 aliphatic heterocycles. The lowest BCUT2D eigenvalue weighted by Gasteiger charge is -2.27. The summed E-state index contributed by atoms with van der Waals surface area (Å²) in [6, 6.07) is 1.22. The molecule has 0 bridgehead atoms. The molecule has 1 atom stereocenters. The Hall–Kier alpha value is -3.29. The largest absolute Gasteiger partial charge is 0.490 e. The van der Waals surface area contributed by atoms with Crippen molar-refractivity contribution in [1.29, 1.82) is 0 Å². The smallest absolute Gasteiger partial charge is 0.408 e. The van der Waals surface area contributed by atoms with Crippen LogP contribution in [0.1, 0.15) is 37.6 Å². The summed E-state index contributed by atoms with van der Waals surface area (Å²) in [5.41, 5.74) is 2.27. The zero-order valence-electron chi connectivity index (χ0n) is 18.4. The van der Waals surface area contributed by atoms with Gasteiger partial charge in [-0.05, 0) is 44.4 Å². The molecular weight excluding hydrogens is 398 g/mol. The van der Waals surface area contributed by atoms with Gasteiger partial charge in [-0.1, -0.05) is 18.2 Å². The molecule has 1 aromatic heterocycles. The number of fused-ring (bicyclic) bond motifs is 1. The minimum atomic E-state index is -0.602. The fourth-order valence-corrected chi connectivity index (χ4v) is 3.33. The number of nitrogens with one attached hydrogen (secondary N) is 1. The van der Waals surface area contributed by atoms with Crippen LogP contribution in [0.5, 0.6) is 5.75 Å². The van der Waals surface area contributed by atoms with E-state index in [2.05, 4.69) is 39.6 Å². The van der Waals surface area contributed by atoms with Gasteiger partial charge in [0.05, 0.1) is 24.9 Å². The molecule has 8 nitrogen and oxygen atoms in total. The summed E-state index contributed by atoms with van der Waals surface area (Å²) < 4.78 is 16.0. The van der Waals surface area contributed by atoms with Crippen LogP contribution in [0.3, 0.4) is 0 Å². The SMILES string of the molecule is COC(=O)c1cncc(OC[C@@H](CN2C=C3CC=CC=C3C2)NC(=O)OC(C)(C)C)c1. The molecular formula is C23H29N3O5. The molecule has 0 unspecified atom stereocenters. The quantitative estimate of drug-likeness (QED) is 0.668. The second-order valence-corrected chi connectivity index (χ2v) is 8.46. The molecule has 0 aromatic carbocycles. The van der Waals surface area contributed by atoms with Gasteiger partial charge >= 0.3 is 12.1 Å². The third kappa shape index (κ3) is 6.60. The van der Waals surface area contributed by atoms with Gasteiger partial charge < -0.3 is 24.4 Å². The van der Waals surface area contributed by atoms with Crippen molar-refractivity contribution >= 4 is 12.1 Å². The minimum absolute atomic E-state index is 0.183. The molecule has 1 aliphatic carbocycles. The van der Waals surface area contributed by atoms with Gasteiger partial charge in [0.15, 0.2) is 0 Å². The zero-order valence-corrected chi connectivity index (χ0v) is 18.4. The summed E-state index contributed by atoms with van der Waals surface area (Å²) in [6.45, 7) is 6.96. The molecule has 1 N–H and O–H groups in total. The van der Waals surface area contributed by atoms with Crippen LogP contribution >= 0.6 is 0 Å². The molecule has 8 heteroatoms. The number of hydrogen-bond donors (Lipinski definition) is 1. The van der Waals surface area contributed by atoms with E-state index < -0.39 is 17.7 Å². The van der Waals surface area contributed by atoms with Gasteiger partial charge in [0.1, 0.15) is 18.0 Å². The third-order valence-corrected chi connectivity index (χ3v) is 4.66. The molecule has 0 saturated carbocycles. The average molecular weight is 428 g/mol. The molecule has 1 amide bonds. The van der Waals surface area contributed by atoms with Crippen molar-refractivity contribution in [2.24, 2.45) is 0 Å². The van der Waals surface area contributed by atoms with E-state index in [4.69, 9.17) is 14.2 Å². The van der Waals surface area contributed by atoms with E-state index in [1.165, 1.54) is 30.6 Å². The number of rotatable bonds is 7. The molecule has 1 aromatic rings. The molecule has 31 heavy (non-hydrogen) atoms. The molecule has 3 rings (SSSR count). The number of allylic oxidation sites excluding steroid dienone is 3. The number of aromatic nitrogens is 1. The monoisotopic (exact) mass is 427 g/mol. The molecule has 0 spiro atoms. The van der Waals surface area contributed by atoms with Crippen LogP contribution in [-0.2, 0) is 9.47 Å². The van der Waals surface area contributed by atoms with Gasteiger partial charge in [0.2, 0.25) is 0 Å². The van der Waals surface area contributed by atoms with Gasteiger partial charge in [0.25, 0.3) is 0 Å². The van der Waals surface area contributed by atoms with E-state index in [9.17, 15) is 9.59 Å². The van der Waals surface area contributed by atoms with Crippen molar-refractivity contribution in [2.45, 2.75) is 38.8 Å². The van der Waals surface area contributed by atoms with Gasteiger partial charge in [-0.2, -0.15) is 0 Å². The summed E-state index contributed by atoms with van der Waals surface area (Å²) in [7, 11) is 1.31. The fourth-order valence-electron chi connectivity index (χ4n) is 3.33. The molecule has 166 valence electrons. The second-order valence-electron chi connectivity index (χ2n) is 8.46. The first-order chi connectivity index (χ1) is 14.7. The molecule has 0 saturated heterocycles. The number of hydrogen-bond acceptors (Lipinski definition) is 7. The summed E-state index contributed by atoms with van der Waals surface area (Å²) >= 11 is 0. The fraction of sp³-hybridized carbons (Fsp3) is 0.435. The highest BCUT2D eigenvalue weighted by Crippen LogP contribution is 2.27. The molecule has 0 fully saturated rings. The summed E-state index contributed by atoms with van der Waals surface area (Å²) in [5.74, 6) is -0.0752. The Balaban J connectivity index is 1.66. The standard InChI is InChI=1S/C23H29N3O5/c1-23(2,3)31-22(28)25-19(14-26-12-16-7-5-6-8-17(16)13-26)15-30-20-9-18(10-24-11-20)21(27)29-4/h5-7,9-11,13,19H,8,12,14-15H2,1-4H3,(H,25,28)/t19-/m1/s1. The number of esters is 1. The Bertz CT molecular complexity index is 914. The van der Waals surface area contributed by atoms with Crippen LogP contribution in [0.15, 0.2) is 54.0 Å². The van der Waals surface area contributed by atoms with Crippen molar-refractivity contribution in [3.05, 3.63) is 59.6 Å². The highest BCUT2D eigenvalue weighted by molar-refractivity contribution is 5.89. The predicted octanol–water partition coefficient (Wildman–Crippen LogP) is 3.23. The first kappa shape index (κ1) is 22.4. The molecule has 2 aliphatic rings. The molecule has 2 heterocycles. The zero-order chi connectivity index (χ0) is 22.4. The second kappa shape index (κ2) is 9.68. The minimum Gasteiger partial charge on any atom is -0.490 e. The van der Waals surface area contributed by atoms with Crippen LogP contribution in [0.2, 0.25) is 0 Å². The molecule has 0 radical (unpaired) electrons. The number of methoxy groups -OCH3 is 1. The lowest BCUT2D eigenvalue weighted by molar-refractivity contribution is 0.0478. The van der Waals surface area contributed by atoms with E-state index in [0.717, 1.165) is 13.0 Å². The van der Waals surface area contributed by atoms with E-state index in [-0.39, 0.29) is 12.6 Å². The van der Waals surface area contributed by atoms with Crippen molar-refractivity contribution in [1.82, 2.24) is 15.2 Å². The number of nitrogens with zero attached hydrogens (tertiary/aromatic N) is 2. The first-order valence-corrected chi connectivity index (χ1v) is 10.2. The normalized spacial score (nSPS) is 16.1. The number of pyridine rings is 1. The van der Waals surface area contributed by atoms with Gasteiger partial charge in [-0.25, -0.2) is 9.59 Å². The van der Waals surface area contributed by atoms with E-state index in [1.54, 1.807) is 6.07 Å². The summed E-state index contributed by atoms with van der Waals surface area (Å²) in [6.07, 6.45) is 11.8. The van der Waals surface area contributed by atoms with Gasteiger partial charge in [-0.3, -0.25) is 4.98 Å². The highest BCUT2D eigenvalue weighted by atomic mass is 16.6. The van der Waals surface area contributed by atoms with Crippen molar-refractivity contribution in [3.8, 4) is 5.75 Å². The van der Waals surface area contributed by atoms with Crippen LogP contribution < -0.4 is 10.1 Å². The van der Waals surface area contributed by atoms with E-state index >= 15 is 0 Å². The lowest BCUT2D eigenvalue weighted by atomic mass is 10.0. The Morgan fingerprint density at radius 1 is 1.26 bits per heavy atom. The topological polar surface area (TPSA) is 90.0 Å². The number of ether oxygens (including phenoxy) is 3. The number of amides is 1. The maximum absolute atomic E-state index is 12.4. The van der Waals surface area contributed by atoms with Crippen LogP contribution in [-0.4, -0.2) is 60.4 Å². The Morgan fingerprint density at radius 2 is 2.06 bits per heavy atom. The Kier molecular flexibility index (Phi) is 6.99. The highest BCUT2D eigenvalue weighted by Gasteiger charge is 2.25. The van der Waals surface area contributed by atoms with Crippen molar-refractivity contribution in [3.63, 3.8) is 0 Å². The van der Waals surface area contributed by atoms with Crippen molar-refractivity contribution in [2.75, 3.05) is 26.8 Å². The number of carbonyl (C=O) groups excluding carboxylic acids is 2. The van der Waals surface area contributed by atoms with E-state index in [0.29, 0.717) is 17.9 Å². The van der Waals surface area contributed by atoms with Gasteiger partial charge in [0, 0.05) is 25.5 Å². The summed E-state index contributed by atoms with van der Waals surface area (Å²) in [4.78, 5) is 30.3. The lowest BCUT2D eigenvalue weighted by Crippen LogP contribution is -2.47. The average Bonchev–Trinajstić information content (AvgIpc) is 3.12.